The van der Waals surface area contributed by atoms with Gasteiger partial charge in [-0.3, -0.25) is 0 Å². The number of benzene rings is 1. The first kappa shape index (κ1) is 13.5. The molecule has 1 N–H and O–H groups in total. The molecule has 2 saturated carbocycles. The van der Waals surface area contributed by atoms with Crippen LogP contribution in [0.2, 0.25) is 5.02 Å². The molecule has 2 aliphatic carbocycles. The summed E-state index contributed by atoms with van der Waals surface area (Å²) >= 11 is 6.17. The lowest BCUT2D eigenvalue weighted by molar-refractivity contribution is 0.445. The first-order valence-electron chi connectivity index (χ1n) is 7.80. The van der Waals surface area contributed by atoms with Crippen LogP contribution in [0.15, 0.2) is 24.3 Å². The van der Waals surface area contributed by atoms with Gasteiger partial charge in [0.2, 0.25) is 0 Å². The third kappa shape index (κ3) is 2.83. The van der Waals surface area contributed by atoms with Gasteiger partial charge in [-0.2, -0.15) is 0 Å². The second-order valence-corrected chi connectivity index (χ2v) is 6.61. The molecular formula is C17H24ClN. The lowest BCUT2D eigenvalue weighted by atomic mass is 9.99. The zero-order valence-corrected chi connectivity index (χ0v) is 12.5. The van der Waals surface area contributed by atoms with E-state index in [1.54, 1.807) is 0 Å². The smallest absolute Gasteiger partial charge is 0.0409 e. The molecule has 1 aromatic rings. The predicted molar refractivity (Wildman–Crippen MR) is 81.4 cm³/mol. The van der Waals surface area contributed by atoms with Crippen molar-refractivity contribution < 1.29 is 0 Å². The molecule has 2 heteroatoms. The summed E-state index contributed by atoms with van der Waals surface area (Å²) in [7, 11) is 0. The molecule has 0 aliphatic heterocycles. The highest BCUT2D eigenvalue weighted by Gasteiger charge is 2.54. The lowest BCUT2D eigenvalue weighted by Gasteiger charge is -2.20. The van der Waals surface area contributed by atoms with Gasteiger partial charge in [0.15, 0.2) is 0 Å². The van der Waals surface area contributed by atoms with Crippen LogP contribution in [0.5, 0.6) is 0 Å². The van der Waals surface area contributed by atoms with Crippen molar-refractivity contribution in [2.45, 2.75) is 45.1 Å². The van der Waals surface area contributed by atoms with Gasteiger partial charge in [-0.05, 0) is 61.3 Å². The second-order valence-electron chi connectivity index (χ2n) is 6.18. The van der Waals surface area contributed by atoms with Gasteiger partial charge in [-0.1, -0.05) is 43.5 Å². The van der Waals surface area contributed by atoms with E-state index in [-0.39, 0.29) is 0 Å². The standard InChI is InChI=1S/C17H24ClN/c1-2-10-19-17(12-6-5-7-13(18)11-12)16-14-8-3-4-9-15(14)16/h5-7,11,14-17,19H,2-4,8-10H2,1H3. The van der Waals surface area contributed by atoms with Crippen molar-refractivity contribution in [1.82, 2.24) is 5.32 Å². The molecule has 0 radical (unpaired) electrons. The number of hydrogen-bond acceptors (Lipinski definition) is 1. The Kier molecular flexibility index (Phi) is 4.14. The Hall–Kier alpha value is -0.530. The Morgan fingerprint density at radius 2 is 2.00 bits per heavy atom. The average molecular weight is 278 g/mol. The average Bonchev–Trinajstić information content (AvgIpc) is 3.14. The molecule has 0 amide bonds. The minimum Gasteiger partial charge on any atom is -0.310 e. The summed E-state index contributed by atoms with van der Waals surface area (Å²) in [5, 5.41) is 4.64. The summed E-state index contributed by atoms with van der Waals surface area (Å²) in [5.41, 5.74) is 1.39. The van der Waals surface area contributed by atoms with E-state index in [9.17, 15) is 0 Å². The summed E-state index contributed by atoms with van der Waals surface area (Å²) < 4.78 is 0. The summed E-state index contributed by atoms with van der Waals surface area (Å²) in [4.78, 5) is 0. The van der Waals surface area contributed by atoms with Gasteiger partial charge in [-0.25, -0.2) is 0 Å². The summed E-state index contributed by atoms with van der Waals surface area (Å²) in [5.74, 6) is 2.80. The maximum atomic E-state index is 6.17. The fourth-order valence-electron chi connectivity index (χ4n) is 4.02. The van der Waals surface area contributed by atoms with Crippen molar-refractivity contribution >= 4 is 11.6 Å². The van der Waals surface area contributed by atoms with E-state index in [2.05, 4.69) is 30.4 Å². The van der Waals surface area contributed by atoms with Crippen molar-refractivity contribution in [2.24, 2.45) is 17.8 Å². The number of hydrogen-bond donors (Lipinski definition) is 1. The Labute approximate surface area is 121 Å². The van der Waals surface area contributed by atoms with Gasteiger partial charge in [0.1, 0.15) is 0 Å². The van der Waals surface area contributed by atoms with E-state index >= 15 is 0 Å². The number of rotatable bonds is 5. The molecule has 3 atom stereocenters. The second kappa shape index (κ2) is 5.85. The van der Waals surface area contributed by atoms with Crippen LogP contribution in [0, 0.1) is 17.8 Å². The Balaban J connectivity index is 1.78. The topological polar surface area (TPSA) is 12.0 Å². The maximum Gasteiger partial charge on any atom is 0.0409 e. The van der Waals surface area contributed by atoms with Crippen molar-refractivity contribution in [1.29, 1.82) is 0 Å². The fraction of sp³-hybridized carbons (Fsp3) is 0.647. The summed E-state index contributed by atoms with van der Waals surface area (Å²) in [6.45, 7) is 3.34. The van der Waals surface area contributed by atoms with Crippen molar-refractivity contribution in [3.8, 4) is 0 Å². The molecule has 19 heavy (non-hydrogen) atoms. The third-order valence-corrected chi connectivity index (χ3v) is 5.16. The number of nitrogens with one attached hydrogen (secondary N) is 1. The minimum atomic E-state index is 0.520. The highest BCUT2D eigenvalue weighted by atomic mass is 35.5. The molecule has 104 valence electrons. The molecule has 3 unspecified atom stereocenters. The highest BCUT2D eigenvalue weighted by Crippen LogP contribution is 2.60. The molecular weight excluding hydrogens is 254 g/mol. The predicted octanol–water partition coefficient (Wildman–Crippen LogP) is 4.82. The fourth-order valence-corrected chi connectivity index (χ4v) is 4.22. The molecule has 0 spiro atoms. The van der Waals surface area contributed by atoms with Gasteiger partial charge in [0.25, 0.3) is 0 Å². The molecule has 2 aliphatic rings. The van der Waals surface area contributed by atoms with Crippen LogP contribution in [0.25, 0.3) is 0 Å². The minimum absolute atomic E-state index is 0.520. The third-order valence-electron chi connectivity index (χ3n) is 4.93. The van der Waals surface area contributed by atoms with E-state index in [4.69, 9.17) is 11.6 Å². The molecule has 0 aromatic heterocycles. The normalized spacial score (nSPS) is 30.7. The van der Waals surface area contributed by atoms with Crippen molar-refractivity contribution in [2.75, 3.05) is 6.54 Å². The quantitative estimate of drug-likeness (QED) is 0.814. The van der Waals surface area contributed by atoms with Crippen LogP contribution < -0.4 is 5.32 Å². The van der Waals surface area contributed by atoms with Crippen molar-refractivity contribution in [3.63, 3.8) is 0 Å². The van der Waals surface area contributed by atoms with Gasteiger partial charge in [0.05, 0.1) is 0 Å². The van der Waals surface area contributed by atoms with Crippen LogP contribution in [0.3, 0.4) is 0 Å². The Morgan fingerprint density at radius 3 is 2.63 bits per heavy atom. The monoisotopic (exact) mass is 277 g/mol. The molecule has 1 nitrogen and oxygen atoms in total. The largest absolute Gasteiger partial charge is 0.310 e. The highest BCUT2D eigenvalue weighted by molar-refractivity contribution is 6.30. The zero-order valence-electron chi connectivity index (χ0n) is 11.7. The summed E-state index contributed by atoms with van der Waals surface area (Å²) in [6, 6.07) is 8.97. The maximum absolute atomic E-state index is 6.17. The van der Waals surface area contributed by atoms with Gasteiger partial charge in [-0.15, -0.1) is 0 Å². The molecule has 2 fully saturated rings. The number of fused-ring (bicyclic) bond motifs is 1. The van der Waals surface area contributed by atoms with E-state index in [0.29, 0.717) is 6.04 Å². The molecule has 0 saturated heterocycles. The van der Waals surface area contributed by atoms with Crippen molar-refractivity contribution in [3.05, 3.63) is 34.9 Å². The van der Waals surface area contributed by atoms with Crippen LogP contribution >= 0.6 is 11.6 Å². The first-order valence-corrected chi connectivity index (χ1v) is 8.18. The van der Waals surface area contributed by atoms with E-state index < -0.39 is 0 Å². The Morgan fingerprint density at radius 1 is 1.26 bits per heavy atom. The van der Waals surface area contributed by atoms with Gasteiger partial charge >= 0.3 is 0 Å². The lowest BCUT2D eigenvalue weighted by Crippen LogP contribution is -2.25. The zero-order chi connectivity index (χ0) is 13.2. The van der Waals surface area contributed by atoms with Crippen LogP contribution in [-0.2, 0) is 0 Å². The molecule has 0 bridgehead atoms. The first-order chi connectivity index (χ1) is 9.31. The van der Waals surface area contributed by atoms with Crippen LogP contribution in [0.4, 0.5) is 0 Å². The van der Waals surface area contributed by atoms with Gasteiger partial charge < -0.3 is 5.32 Å². The van der Waals surface area contributed by atoms with Crippen LogP contribution in [0.1, 0.15) is 50.6 Å². The number of halogens is 1. The van der Waals surface area contributed by atoms with E-state index in [0.717, 1.165) is 29.3 Å². The summed E-state index contributed by atoms with van der Waals surface area (Å²) in [6.07, 6.45) is 6.96. The molecule has 1 aromatic carbocycles. The SMILES string of the molecule is CCCNC(c1cccc(Cl)c1)C1C2CCCCC21. The molecule has 0 heterocycles. The Bertz CT molecular complexity index is 419. The molecule has 3 rings (SSSR count). The van der Waals surface area contributed by atoms with E-state index in [1.807, 2.05) is 6.07 Å². The van der Waals surface area contributed by atoms with Crippen LogP contribution in [-0.4, -0.2) is 6.54 Å². The van der Waals surface area contributed by atoms with E-state index in [1.165, 1.54) is 37.7 Å². The van der Waals surface area contributed by atoms with Gasteiger partial charge in [0, 0.05) is 11.1 Å².